The van der Waals surface area contributed by atoms with Crippen LogP contribution in [0.4, 0.5) is 0 Å². The van der Waals surface area contributed by atoms with E-state index in [9.17, 15) is 0 Å². The summed E-state index contributed by atoms with van der Waals surface area (Å²) in [6.45, 7) is 0. The van der Waals surface area contributed by atoms with Gasteiger partial charge in [-0.1, -0.05) is 62.9 Å². The monoisotopic (exact) mass is 396 g/mol. The van der Waals surface area contributed by atoms with Crippen LogP contribution in [-0.2, 0) is 6.42 Å². The van der Waals surface area contributed by atoms with E-state index in [2.05, 4.69) is 15.9 Å². The Labute approximate surface area is 140 Å². The lowest BCUT2D eigenvalue weighted by molar-refractivity contribution is 0.915. The number of hydrogen-bond donors (Lipinski definition) is 0. The van der Waals surface area contributed by atoms with Crippen molar-refractivity contribution in [1.29, 1.82) is 0 Å². The van der Waals surface area contributed by atoms with Crippen molar-refractivity contribution in [2.75, 3.05) is 0 Å². The highest BCUT2D eigenvalue weighted by molar-refractivity contribution is 9.10. The fourth-order valence-corrected chi connectivity index (χ4v) is 3.52. The van der Waals surface area contributed by atoms with Crippen molar-refractivity contribution in [2.45, 2.75) is 11.8 Å². The van der Waals surface area contributed by atoms with Gasteiger partial charge in [0.1, 0.15) is 0 Å². The summed E-state index contributed by atoms with van der Waals surface area (Å²) >= 11 is 27.7. The summed E-state index contributed by atoms with van der Waals surface area (Å²) in [6.07, 6.45) is 0.665. The summed E-state index contributed by atoms with van der Waals surface area (Å²) in [5.74, 6) is 0. The first-order chi connectivity index (χ1) is 8.97. The van der Waals surface area contributed by atoms with Crippen LogP contribution in [-0.4, -0.2) is 0 Å². The zero-order valence-electron chi connectivity index (χ0n) is 9.64. The maximum atomic E-state index is 6.44. The summed E-state index contributed by atoms with van der Waals surface area (Å²) in [4.78, 5) is 0. The van der Waals surface area contributed by atoms with Gasteiger partial charge >= 0.3 is 0 Å². The second-order valence-corrected chi connectivity index (χ2v) is 6.72. The molecule has 2 rings (SSSR count). The molecule has 1 unspecified atom stereocenters. The van der Waals surface area contributed by atoms with E-state index in [-0.39, 0.29) is 5.38 Å². The zero-order valence-corrected chi connectivity index (χ0v) is 14.2. The van der Waals surface area contributed by atoms with Crippen LogP contribution in [0.5, 0.6) is 0 Å². The molecule has 2 aromatic rings. The molecule has 2 aromatic carbocycles. The minimum Gasteiger partial charge on any atom is -0.117 e. The lowest BCUT2D eigenvalue weighted by Gasteiger charge is -2.13. The SMILES string of the molecule is Clc1ccc(C(Cl)Cc2ccc(Cl)c(Cl)c2)c(Br)c1. The van der Waals surface area contributed by atoms with Gasteiger partial charge in [-0.05, 0) is 41.8 Å². The van der Waals surface area contributed by atoms with Crippen LogP contribution in [0.25, 0.3) is 0 Å². The fraction of sp³-hybridized carbons (Fsp3) is 0.143. The topological polar surface area (TPSA) is 0 Å². The van der Waals surface area contributed by atoms with Gasteiger partial charge in [0, 0.05) is 9.50 Å². The highest BCUT2D eigenvalue weighted by Crippen LogP contribution is 2.33. The Morgan fingerprint density at radius 1 is 0.947 bits per heavy atom. The molecule has 0 aliphatic carbocycles. The van der Waals surface area contributed by atoms with Crippen molar-refractivity contribution in [3.05, 3.63) is 67.1 Å². The van der Waals surface area contributed by atoms with E-state index in [0.29, 0.717) is 21.5 Å². The van der Waals surface area contributed by atoms with E-state index in [4.69, 9.17) is 46.4 Å². The fourth-order valence-electron chi connectivity index (χ4n) is 1.74. The van der Waals surface area contributed by atoms with Crippen LogP contribution in [0.2, 0.25) is 15.1 Å². The van der Waals surface area contributed by atoms with Gasteiger partial charge in [-0.15, -0.1) is 11.6 Å². The molecule has 1 atom stereocenters. The van der Waals surface area contributed by atoms with Gasteiger partial charge < -0.3 is 0 Å². The van der Waals surface area contributed by atoms with Crippen molar-refractivity contribution in [1.82, 2.24) is 0 Å². The average molecular weight is 399 g/mol. The lowest BCUT2D eigenvalue weighted by Crippen LogP contribution is -1.97. The van der Waals surface area contributed by atoms with Gasteiger partial charge in [0.2, 0.25) is 0 Å². The van der Waals surface area contributed by atoms with Gasteiger partial charge in [0.15, 0.2) is 0 Å². The maximum Gasteiger partial charge on any atom is 0.0636 e. The first-order valence-electron chi connectivity index (χ1n) is 5.50. The third-order valence-electron chi connectivity index (χ3n) is 2.70. The van der Waals surface area contributed by atoms with Crippen LogP contribution in [0.15, 0.2) is 40.9 Å². The van der Waals surface area contributed by atoms with Crippen LogP contribution in [0.3, 0.4) is 0 Å². The highest BCUT2D eigenvalue weighted by atomic mass is 79.9. The smallest absolute Gasteiger partial charge is 0.0636 e. The molecular weight excluding hydrogens is 390 g/mol. The Morgan fingerprint density at radius 2 is 1.68 bits per heavy atom. The van der Waals surface area contributed by atoms with E-state index < -0.39 is 0 Å². The molecule has 100 valence electrons. The van der Waals surface area contributed by atoms with E-state index in [1.54, 1.807) is 6.07 Å². The lowest BCUT2D eigenvalue weighted by atomic mass is 10.0. The predicted octanol–water partition coefficient (Wildman–Crippen LogP) is 6.93. The van der Waals surface area contributed by atoms with Crippen LogP contribution in [0.1, 0.15) is 16.5 Å². The second kappa shape index (κ2) is 6.69. The first-order valence-corrected chi connectivity index (χ1v) is 7.86. The van der Waals surface area contributed by atoms with E-state index >= 15 is 0 Å². The number of benzene rings is 2. The number of halogens is 5. The molecule has 0 amide bonds. The minimum absolute atomic E-state index is 0.163. The molecule has 0 heterocycles. The first kappa shape index (κ1) is 15.5. The minimum atomic E-state index is -0.163. The number of hydrogen-bond acceptors (Lipinski definition) is 0. The van der Waals surface area contributed by atoms with Crippen molar-refractivity contribution in [3.63, 3.8) is 0 Å². The summed E-state index contributed by atoms with van der Waals surface area (Å²) in [5.41, 5.74) is 2.04. The molecule has 0 nitrogen and oxygen atoms in total. The number of alkyl halides is 1. The van der Waals surface area contributed by atoms with Crippen LogP contribution >= 0.6 is 62.3 Å². The molecule has 0 saturated carbocycles. The summed E-state index contributed by atoms with van der Waals surface area (Å²) in [6, 6.07) is 11.1. The van der Waals surface area contributed by atoms with Gasteiger partial charge in [0.05, 0.1) is 15.4 Å². The van der Waals surface area contributed by atoms with Crippen molar-refractivity contribution < 1.29 is 0 Å². The van der Waals surface area contributed by atoms with E-state index in [1.807, 2.05) is 30.3 Å². The predicted molar refractivity (Wildman–Crippen MR) is 87.9 cm³/mol. The largest absolute Gasteiger partial charge is 0.117 e. The van der Waals surface area contributed by atoms with E-state index in [1.165, 1.54) is 0 Å². The molecule has 5 heteroatoms. The van der Waals surface area contributed by atoms with Crippen LogP contribution < -0.4 is 0 Å². The van der Waals surface area contributed by atoms with E-state index in [0.717, 1.165) is 15.6 Å². The molecule has 0 aliphatic heterocycles. The van der Waals surface area contributed by atoms with Gasteiger partial charge in [-0.2, -0.15) is 0 Å². The Hall–Kier alpha value is 0.0800. The van der Waals surface area contributed by atoms with Crippen molar-refractivity contribution >= 4 is 62.3 Å². The normalized spacial score (nSPS) is 12.5. The summed E-state index contributed by atoms with van der Waals surface area (Å²) in [7, 11) is 0. The van der Waals surface area contributed by atoms with Gasteiger partial charge in [0.25, 0.3) is 0 Å². The third kappa shape index (κ3) is 4.03. The molecule has 0 N–H and O–H groups in total. The zero-order chi connectivity index (χ0) is 14.0. The Morgan fingerprint density at radius 3 is 2.32 bits per heavy atom. The quantitative estimate of drug-likeness (QED) is 0.491. The summed E-state index contributed by atoms with van der Waals surface area (Å²) in [5, 5.41) is 1.60. The van der Waals surface area contributed by atoms with Gasteiger partial charge in [-0.3, -0.25) is 0 Å². The average Bonchev–Trinajstić information content (AvgIpc) is 2.33. The third-order valence-corrected chi connectivity index (χ3v) is 4.75. The second-order valence-electron chi connectivity index (χ2n) is 4.09. The standard InChI is InChI=1S/C14H9BrCl4/c15-11-7-9(16)2-3-10(11)13(18)5-8-1-4-12(17)14(19)6-8/h1-4,6-7,13H,5H2. The van der Waals surface area contributed by atoms with Crippen LogP contribution in [0, 0.1) is 0 Å². The molecule has 0 saturated heterocycles. The molecule has 0 aromatic heterocycles. The number of rotatable bonds is 3. The Bertz CT molecular complexity index is 598. The molecular formula is C14H9BrCl4. The molecule has 0 fully saturated rings. The van der Waals surface area contributed by atoms with Gasteiger partial charge in [-0.25, -0.2) is 0 Å². The van der Waals surface area contributed by atoms with Crippen molar-refractivity contribution in [2.24, 2.45) is 0 Å². The molecule has 19 heavy (non-hydrogen) atoms. The summed E-state index contributed by atoms with van der Waals surface area (Å²) < 4.78 is 0.903. The Balaban J connectivity index is 2.20. The Kier molecular flexibility index (Phi) is 5.45. The molecule has 0 radical (unpaired) electrons. The highest BCUT2D eigenvalue weighted by Gasteiger charge is 2.13. The maximum absolute atomic E-state index is 6.44. The van der Waals surface area contributed by atoms with Crippen molar-refractivity contribution in [3.8, 4) is 0 Å². The molecule has 0 aliphatic rings. The molecule has 0 bridgehead atoms. The molecule has 0 spiro atoms.